The van der Waals surface area contributed by atoms with Gasteiger partial charge in [-0.05, 0) is 53.4 Å². The molecule has 2 aliphatic rings. The SMILES string of the molecule is O=C(NC[C@H]1OC[C@@H]2CN(Cc3ccsc3)CC[C@@H]21)c1cccnc1.O=C(O)C(F)(F)F.O=C(O)C(F)(F)F. The summed E-state index contributed by atoms with van der Waals surface area (Å²) in [5.74, 6) is -4.46. The number of ether oxygens (including phenoxy) is 1. The molecule has 0 radical (unpaired) electrons. The smallest absolute Gasteiger partial charge is 0.475 e. The zero-order valence-electron chi connectivity index (χ0n) is 20.1. The number of thiophene rings is 1. The number of alkyl halides is 6. The first-order valence-electron chi connectivity index (χ1n) is 11.3. The van der Waals surface area contributed by atoms with Crippen molar-refractivity contribution in [3.05, 3.63) is 52.5 Å². The van der Waals surface area contributed by atoms with E-state index in [1.807, 2.05) is 0 Å². The van der Waals surface area contributed by atoms with E-state index < -0.39 is 24.3 Å². The summed E-state index contributed by atoms with van der Waals surface area (Å²) in [6.45, 7) is 4.62. The number of carbonyl (C=O) groups excluding carboxylic acids is 1. The van der Waals surface area contributed by atoms with Gasteiger partial charge in [-0.25, -0.2) is 9.59 Å². The second kappa shape index (κ2) is 14.2. The molecule has 3 atom stereocenters. The number of carbonyl (C=O) groups is 3. The molecule has 2 saturated heterocycles. The molecule has 3 N–H and O–H groups in total. The Morgan fingerprint density at radius 2 is 1.74 bits per heavy atom. The summed E-state index contributed by atoms with van der Waals surface area (Å²) in [5.41, 5.74) is 2.00. The summed E-state index contributed by atoms with van der Waals surface area (Å²) in [6.07, 6.45) is -5.63. The van der Waals surface area contributed by atoms with Gasteiger partial charge in [-0.15, -0.1) is 0 Å². The second-order valence-electron chi connectivity index (χ2n) is 8.51. The molecule has 0 saturated carbocycles. The predicted molar refractivity (Wildman–Crippen MR) is 125 cm³/mol. The van der Waals surface area contributed by atoms with Crippen molar-refractivity contribution in [3.8, 4) is 0 Å². The molecular weight excluding hydrogens is 560 g/mol. The van der Waals surface area contributed by atoms with Crippen LogP contribution in [0.2, 0.25) is 0 Å². The van der Waals surface area contributed by atoms with Crippen LogP contribution in [0, 0.1) is 11.8 Å². The third-order valence-corrected chi connectivity index (χ3v) is 6.47. The highest BCUT2D eigenvalue weighted by molar-refractivity contribution is 7.07. The number of nitrogens with zero attached hydrogens (tertiary/aromatic N) is 2. The van der Waals surface area contributed by atoms with Crippen LogP contribution in [0.4, 0.5) is 26.3 Å². The quantitative estimate of drug-likeness (QED) is 0.454. The van der Waals surface area contributed by atoms with Crippen molar-refractivity contribution in [2.75, 3.05) is 26.2 Å². The maximum Gasteiger partial charge on any atom is 0.490 e. The van der Waals surface area contributed by atoms with Crippen molar-refractivity contribution < 1.29 is 55.7 Å². The van der Waals surface area contributed by atoms with Gasteiger partial charge in [0.15, 0.2) is 0 Å². The number of fused-ring (bicyclic) bond motifs is 1. The number of pyridine rings is 1. The third kappa shape index (κ3) is 10.8. The summed E-state index contributed by atoms with van der Waals surface area (Å²) in [6, 6.07) is 5.77. The number of carboxylic acids is 2. The second-order valence-corrected chi connectivity index (χ2v) is 9.29. The van der Waals surface area contributed by atoms with E-state index in [2.05, 4.69) is 32.0 Å². The molecule has 1 amide bonds. The van der Waals surface area contributed by atoms with Gasteiger partial charge in [-0.2, -0.15) is 37.7 Å². The van der Waals surface area contributed by atoms with Crippen LogP contribution in [0.15, 0.2) is 41.4 Å². The van der Waals surface area contributed by atoms with Crippen molar-refractivity contribution in [1.82, 2.24) is 15.2 Å². The Hall–Kier alpha value is -3.24. The predicted octanol–water partition coefficient (Wildman–Crippen LogP) is 3.68. The summed E-state index contributed by atoms with van der Waals surface area (Å²) in [7, 11) is 0. The van der Waals surface area contributed by atoms with Crippen molar-refractivity contribution in [1.29, 1.82) is 0 Å². The van der Waals surface area contributed by atoms with Gasteiger partial charge >= 0.3 is 24.3 Å². The summed E-state index contributed by atoms with van der Waals surface area (Å²) in [4.78, 5) is 36.5. The molecule has 0 spiro atoms. The molecule has 39 heavy (non-hydrogen) atoms. The van der Waals surface area contributed by atoms with Crippen molar-refractivity contribution in [3.63, 3.8) is 0 Å². The number of aromatic nitrogens is 1. The van der Waals surface area contributed by atoms with Gasteiger partial charge in [0.05, 0.1) is 18.3 Å². The topological polar surface area (TPSA) is 129 Å². The highest BCUT2D eigenvalue weighted by Crippen LogP contribution is 2.34. The number of hydrogen-bond acceptors (Lipinski definition) is 7. The number of piperidine rings is 1. The maximum absolute atomic E-state index is 12.2. The van der Waals surface area contributed by atoms with Crippen molar-refractivity contribution in [2.24, 2.45) is 11.8 Å². The molecule has 2 aromatic rings. The molecule has 0 unspecified atom stereocenters. The van der Waals surface area contributed by atoms with Crippen LogP contribution >= 0.6 is 11.3 Å². The third-order valence-electron chi connectivity index (χ3n) is 5.74. The fraction of sp³-hybridized carbons (Fsp3) is 0.478. The molecule has 216 valence electrons. The van der Waals surface area contributed by atoms with E-state index in [4.69, 9.17) is 24.5 Å². The minimum absolute atomic E-state index is 0.0740. The molecule has 0 bridgehead atoms. The van der Waals surface area contributed by atoms with Gasteiger partial charge in [-0.3, -0.25) is 14.7 Å². The van der Waals surface area contributed by atoms with Gasteiger partial charge in [0.2, 0.25) is 0 Å². The Morgan fingerprint density at radius 3 is 2.26 bits per heavy atom. The minimum atomic E-state index is -5.08. The zero-order valence-corrected chi connectivity index (χ0v) is 20.9. The highest BCUT2D eigenvalue weighted by atomic mass is 32.1. The first-order chi connectivity index (χ1) is 18.2. The number of rotatable bonds is 5. The Morgan fingerprint density at radius 1 is 1.10 bits per heavy atom. The Kier molecular flexibility index (Phi) is 11.7. The molecule has 0 aromatic carbocycles. The van der Waals surface area contributed by atoms with Crippen LogP contribution in [-0.4, -0.2) is 82.6 Å². The molecule has 4 rings (SSSR count). The normalized spacial score (nSPS) is 20.9. The number of hydrogen-bond donors (Lipinski definition) is 3. The van der Waals surface area contributed by atoms with Gasteiger partial charge in [-0.1, -0.05) is 0 Å². The lowest BCUT2D eigenvalue weighted by Gasteiger charge is -2.35. The number of amides is 1. The lowest BCUT2D eigenvalue weighted by atomic mass is 9.84. The monoisotopic (exact) mass is 585 g/mol. The molecule has 2 aromatic heterocycles. The average Bonchev–Trinajstić information content (AvgIpc) is 3.52. The van der Waals surface area contributed by atoms with Crippen LogP contribution in [0.1, 0.15) is 22.3 Å². The van der Waals surface area contributed by atoms with Crippen LogP contribution in [0.5, 0.6) is 0 Å². The number of nitrogens with one attached hydrogen (secondary N) is 1. The molecule has 0 aliphatic carbocycles. The zero-order chi connectivity index (χ0) is 29.2. The van der Waals surface area contributed by atoms with E-state index in [1.165, 1.54) is 5.56 Å². The van der Waals surface area contributed by atoms with Crippen molar-refractivity contribution in [2.45, 2.75) is 31.4 Å². The molecular formula is C23H25F6N3O6S. The van der Waals surface area contributed by atoms with E-state index in [1.54, 1.807) is 35.9 Å². The Balaban J connectivity index is 0.000000317. The van der Waals surface area contributed by atoms with E-state index >= 15 is 0 Å². The van der Waals surface area contributed by atoms with Gasteiger partial charge in [0.25, 0.3) is 5.91 Å². The number of likely N-dealkylation sites (tertiary alicyclic amines) is 1. The van der Waals surface area contributed by atoms with E-state index in [0.717, 1.165) is 32.7 Å². The van der Waals surface area contributed by atoms with E-state index in [0.29, 0.717) is 23.9 Å². The number of aliphatic carboxylic acids is 2. The van der Waals surface area contributed by atoms with Gasteiger partial charge < -0.3 is 20.3 Å². The standard InChI is InChI=1S/C19H23N3O2S.2C2HF3O2/c23-19(15-2-1-5-20-8-15)21-9-18-17-3-6-22(11-16(17)12-24-18)10-14-4-7-25-13-14;2*3-2(4,5)1(6)7/h1-2,4-5,7-8,13,16-18H,3,6,9-12H2,(H,21,23);2*(H,6,7)/t16-,17-,18+;;/m0../s1. The van der Waals surface area contributed by atoms with Gasteiger partial charge in [0, 0.05) is 37.9 Å². The van der Waals surface area contributed by atoms with Crippen LogP contribution < -0.4 is 5.32 Å². The van der Waals surface area contributed by atoms with Gasteiger partial charge in [0.1, 0.15) is 0 Å². The fourth-order valence-electron chi connectivity index (χ4n) is 3.95. The van der Waals surface area contributed by atoms with E-state index in [9.17, 15) is 31.1 Å². The number of halogens is 6. The molecule has 4 heterocycles. The highest BCUT2D eigenvalue weighted by Gasteiger charge is 2.41. The van der Waals surface area contributed by atoms with Crippen LogP contribution in [0.25, 0.3) is 0 Å². The molecule has 2 aliphatic heterocycles. The summed E-state index contributed by atoms with van der Waals surface area (Å²) < 4.78 is 69.5. The lowest BCUT2D eigenvalue weighted by molar-refractivity contribution is -0.193. The Bertz CT molecular complexity index is 1040. The minimum Gasteiger partial charge on any atom is -0.475 e. The first-order valence-corrected chi connectivity index (χ1v) is 12.3. The van der Waals surface area contributed by atoms with Crippen molar-refractivity contribution >= 4 is 29.2 Å². The number of carboxylic acid groups (broad SMARTS) is 2. The first kappa shape index (κ1) is 32.0. The average molecular weight is 586 g/mol. The summed E-state index contributed by atoms with van der Waals surface area (Å²) in [5, 5.41) is 21.6. The Labute approximate surface area is 222 Å². The molecule has 16 heteroatoms. The fourth-order valence-corrected chi connectivity index (χ4v) is 4.61. The molecule has 9 nitrogen and oxygen atoms in total. The van der Waals surface area contributed by atoms with Crippen LogP contribution in [-0.2, 0) is 20.9 Å². The lowest BCUT2D eigenvalue weighted by Crippen LogP contribution is -2.43. The largest absolute Gasteiger partial charge is 0.490 e. The summed E-state index contributed by atoms with van der Waals surface area (Å²) >= 11 is 1.76. The van der Waals surface area contributed by atoms with Crippen LogP contribution in [0.3, 0.4) is 0 Å². The molecule has 2 fully saturated rings. The van der Waals surface area contributed by atoms with E-state index in [-0.39, 0.29) is 12.0 Å². The maximum atomic E-state index is 12.2.